The Balaban J connectivity index is 2.84. The highest BCUT2D eigenvalue weighted by molar-refractivity contribution is 4.97. The van der Waals surface area contributed by atoms with E-state index in [4.69, 9.17) is 0 Å². The number of rotatable bonds is 3. The van der Waals surface area contributed by atoms with Crippen molar-refractivity contribution in [2.45, 2.75) is 78.9 Å². The molecule has 2 nitrogen and oxygen atoms in total. The molecule has 0 saturated carbocycles. The molecule has 0 amide bonds. The van der Waals surface area contributed by atoms with Crippen LogP contribution in [0.25, 0.3) is 0 Å². The van der Waals surface area contributed by atoms with Crippen LogP contribution in [0.2, 0.25) is 0 Å². The third-order valence-electron chi connectivity index (χ3n) is 4.77. The monoisotopic (exact) mass is 240 g/mol. The Hall–Kier alpha value is -0.0800. The summed E-state index contributed by atoms with van der Waals surface area (Å²) in [5.74, 6) is 0. The van der Waals surface area contributed by atoms with Crippen LogP contribution in [0.1, 0.15) is 61.3 Å². The van der Waals surface area contributed by atoms with Gasteiger partial charge in [-0.3, -0.25) is 4.90 Å². The molecule has 2 heteroatoms. The van der Waals surface area contributed by atoms with Crippen molar-refractivity contribution in [3.63, 3.8) is 0 Å². The molecule has 1 aliphatic rings. The van der Waals surface area contributed by atoms with Gasteiger partial charge in [0, 0.05) is 30.7 Å². The van der Waals surface area contributed by atoms with Gasteiger partial charge in [-0.2, -0.15) is 0 Å². The molecule has 102 valence electrons. The highest BCUT2D eigenvalue weighted by Gasteiger charge is 2.38. The Labute approximate surface area is 108 Å². The van der Waals surface area contributed by atoms with Crippen LogP contribution in [0, 0.1) is 5.41 Å². The van der Waals surface area contributed by atoms with Gasteiger partial charge in [0.15, 0.2) is 0 Å². The molecule has 3 atom stereocenters. The SMILES string of the molecule is CCC1CNC(C)(CC)CN1C(C)C(C)(C)C. The highest BCUT2D eigenvalue weighted by atomic mass is 15.3. The van der Waals surface area contributed by atoms with Gasteiger partial charge >= 0.3 is 0 Å². The molecule has 0 spiro atoms. The minimum Gasteiger partial charge on any atom is -0.309 e. The highest BCUT2D eigenvalue weighted by Crippen LogP contribution is 2.30. The number of nitrogens with zero attached hydrogens (tertiary/aromatic N) is 1. The van der Waals surface area contributed by atoms with Crippen LogP contribution in [0.3, 0.4) is 0 Å². The van der Waals surface area contributed by atoms with Crippen LogP contribution in [-0.2, 0) is 0 Å². The molecule has 1 heterocycles. The van der Waals surface area contributed by atoms with Gasteiger partial charge in [0.05, 0.1) is 0 Å². The summed E-state index contributed by atoms with van der Waals surface area (Å²) in [6.45, 7) is 18.7. The fourth-order valence-electron chi connectivity index (χ4n) is 2.64. The number of piperazine rings is 1. The van der Waals surface area contributed by atoms with Gasteiger partial charge in [0.1, 0.15) is 0 Å². The number of hydrogen-bond donors (Lipinski definition) is 1. The molecule has 0 aromatic heterocycles. The quantitative estimate of drug-likeness (QED) is 0.814. The molecule has 3 unspecified atom stereocenters. The van der Waals surface area contributed by atoms with E-state index in [2.05, 4.69) is 58.7 Å². The second-order valence-corrected chi connectivity index (χ2v) is 7.07. The summed E-state index contributed by atoms with van der Waals surface area (Å²) in [5.41, 5.74) is 0.657. The summed E-state index contributed by atoms with van der Waals surface area (Å²) < 4.78 is 0. The Morgan fingerprint density at radius 2 is 1.94 bits per heavy atom. The van der Waals surface area contributed by atoms with Crippen molar-refractivity contribution >= 4 is 0 Å². The van der Waals surface area contributed by atoms with Crippen molar-refractivity contribution in [1.29, 1.82) is 0 Å². The van der Waals surface area contributed by atoms with Crippen molar-refractivity contribution in [2.24, 2.45) is 5.41 Å². The van der Waals surface area contributed by atoms with E-state index in [-0.39, 0.29) is 0 Å². The molecule has 0 radical (unpaired) electrons. The topological polar surface area (TPSA) is 15.3 Å². The van der Waals surface area contributed by atoms with Crippen molar-refractivity contribution in [3.05, 3.63) is 0 Å². The maximum atomic E-state index is 3.74. The summed E-state index contributed by atoms with van der Waals surface area (Å²) in [7, 11) is 0. The second kappa shape index (κ2) is 5.27. The fraction of sp³-hybridized carbons (Fsp3) is 1.00. The normalized spacial score (nSPS) is 33.7. The maximum absolute atomic E-state index is 3.74. The third-order valence-corrected chi connectivity index (χ3v) is 4.77. The predicted molar refractivity (Wildman–Crippen MR) is 76.4 cm³/mol. The van der Waals surface area contributed by atoms with E-state index >= 15 is 0 Å². The largest absolute Gasteiger partial charge is 0.309 e. The fourth-order valence-corrected chi connectivity index (χ4v) is 2.64. The smallest absolute Gasteiger partial charge is 0.0278 e. The molecular weight excluding hydrogens is 208 g/mol. The predicted octanol–water partition coefficient (Wildman–Crippen LogP) is 3.27. The molecule has 17 heavy (non-hydrogen) atoms. The number of hydrogen-bond acceptors (Lipinski definition) is 2. The zero-order valence-electron chi connectivity index (χ0n) is 12.9. The van der Waals surface area contributed by atoms with E-state index in [1.807, 2.05) is 0 Å². The number of nitrogens with one attached hydrogen (secondary N) is 1. The molecule has 1 N–H and O–H groups in total. The molecule has 0 aromatic carbocycles. The summed E-state index contributed by atoms with van der Waals surface area (Å²) in [5, 5.41) is 3.74. The lowest BCUT2D eigenvalue weighted by molar-refractivity contribution is 0.00866. The zero-order chi connectivity index (χ0) is 13.3. The third kappa shape index (κ3) is 3.45. The van der Waals surface area contributed by atoms with Gasteiger partial charge in [-0.05, 0) is 32.1 Å². The molecule has 0 bridgehead atoms. The standard InChI is InChI=1S/C15H32N2/c1-8-13-10-16-15(7,9-2)11-17(13)12(3)14(4,5)6/h12-13,16H,8-11H2,1-7H3. The van der Waals surface area contributed by atoms with Crippen LogP contribution < -0.4 is 5.32 Å². The first-order valence-electron chi connectivity index (χ1n) is 7.24. The van der Waals surface area contributed by atoms with Crippen LogP contribution >= 0.6 is 0 Å². The van der Waals surface area contributed by atoms with Crippen LogP contribution in [0.4, 0.5) is 0 Å². The van der Waals surface area contributed by atoms with Crippen molar-refractivity contribution < 1.29 is 0 Å². The Kier molecular flexibility index (Phi) is 4.65. The first-order chi connectivity index (χ1) is 7.73. The summed E-state index contributed by atoms with van der Waals surface area (Å²) in [4.78, 5) is 2.74. The van der Waals surface area contributed by atoms with Gasteiger partial charge in [-0.1, -0.05) is 34.6 Å². The maximum Gasteiger partial charge on any atom is 0.0278 e. The lowest BCUT2D eigenvalue weighted by atomic mass is 9.83. The second-order valence-electron chi connectivity index (χ2n) is 7.07. The van der Waals surface area contributed by atoms with Crippen LogP contribution in [0.15, 0.2) is 0 Å². The van der Waals surface area contributed by atoms with E-state index in [0.717, 1.165) is 6.54 Å². The summed E-state index contributed by atoms with van der Waals surface area (Å²) >= 11 is 0. The van der Waals surface area contributed by atoms with E-state index in [1.165, 1.54) is 19.4 Å². The van der Waals surface area contributed by atoms with Gasteiger partial charge in [0.25, 0.3) is 0 Å². The van der Waals surface area contributed by atoms with Gasteiger partial charge < -0.3 is 5.32 Å². The minimum absolute atomic E-state index is 0.297. The minimum atomic E-state index is 0.297. The molecule has 1 rings (SSSR count). The summed E-state index contributed by atoms with van der Waals surface area (Å²) in [6, 6.07) is 1.34. The van der Waals surface area contributed by atoms with Gasteiger partial charge in [-0.25, -0.2) is 0 Å². The first-order valence-corrected chi connectivity index (χ1v) is 7.24. The zero-order valence-corrected chi connectivity index (χ0v) is 12.9. The average molecular weight is 240 g/mol. The van der Waals surface area contributed by atoms with Gasteiger partial charge in [0.2, 0.25) is 0 Å². The molecule has 1 saturated heterocycles. The Morgan fingerprint density at radius 1 is 1.35 bits per heavy atom. The van der Waals surface area contributed by atoms with E-state index in [0.29, 0.717) is 23.0 Å². The average Bonchev–Trinajstić information content (AvgIpc) is 2.27. The van der Waals surface area contributed by atoms with E-state index < -0.39 is 0 Å². The molecule has 1 fully saturated rings. The van der Waals surface area contributed by atoms with Crippen LogP contribution in [0.5, 0.6) is 0 Å². The first kappa shape index (κ1) is 15.0. The molecule has 0 aliphatic carbocycles. The van der Waals surface area contributed by atoms with Gasteiger partial charge in [-0.15, -0.1) is 0 Å². The lowest BCUT2D eigenvalue weighted by Gasteiger charge is -2.51. The van der Waals surface area contributed by atoms with Crippen molar-refractivity contribution in [2.75, 3.05) is 13.1 Å². The molecule has 1 aliphatic heterocycles. The van der Waals surface area contributed by atoms with Crippen molar-refractivity contribution in [3.8, 4) is 0 Å². The van der Waals surface area contributed by atoms with Crippen molar-refractivity contribution in [1.82, 2.24) is 10.2 Å². The summed E-state index contributed by atoms with van der Waals surface area (Å²) in [6.07, 6.45) is 2.45. The van der Waals surface area contributed by atoms with E-state index in [9.17, 15) is 0 Å². The molecular formula is C15H32N2. The Morgan fingerprint density at radius 3 is 2.35 bits per heavy atom. The lowest BCUT2D eigenvalue weighted by Crippen LogP contribution is -2.65. The molecule has 0 aromatic rings. The Bertz CT molecular complexity index is 244. The van der Waals surface area contributed by atoms with Crippen LogP contribution in [-0.4, -0.2) is 35.6 Å². The van der Waals surface area contributed by atoms with E-state index in [1.54, 1.807) is 0 Å².